The molecule has 0 radical (unpaired) electrons. The van der Waals surface area contributed by atoms with Crippen LogP contribution in [0.1, 0.15) is 77.6 Å². The van der Waals surface area contributed by atoms with Gasteiger partial charge in [-0.15, -0.1) is 0 Å². The number of methoxy groups -OCH3 is 1. The first kappa shape index (κ1) is 15.0. The molecule has 0 N–H and O–H groups in total. The van der Waals surface area contributed by atoms with E-state index in [2.05, 4.69) is 6.92 Å². The fraction of sp³-hybridized carbons (Fsp3) is 0.947. The normalized spacial score (nSPS) is 45.7. The molecule has 0 aromatic carbocycles. The lowest BCUT2D eigenvalue weighted by Gasteiger charge is -2.60. The monoisotopic (exact) mass is 306 g/mol. The van der Waals surface area contributed by atoms with Crippen molar-refractivity contribution in [3.05, 3.63) is 0 Å². The summed E-state index contributed by atoms with van der Waals surface area (Å²) in [5.41, 5.74) is -0.476. The van der Waals surface area contributed by atoms with Gasteiger partial charge in [0, 0.05) is 7.11 Å². The molecule has 0 aromatic heterocycles. The average molecular weight is 306 g/mol. The maximum absolute atomic E-state index is 13.2. The fourth-order valence-electron chi connectivity index (χ4n) is 6.39. The van der Waals surface area contributed by atoms with Gasteiger partial charge in [0.2, 0.25) is 0 Å². The first-order valence-corrected chi connectivity index (χ1v) is 9.25. The zero-order valence-electron chi connectivity index (χ0n) is 14.2. The Morgan fingerprint density at radius 1 is 1.00 bits per heavy atom. The van der Waals surface area contributed by atoms with Crippen molar-refractivity contribution in [2.75, 3.05) is 7.11 Å². The third kappa shape index (κ3) is 2.31. The van der Waals surface area contributed by atoms with Crippen LogP contribution < -0.4 is 0 Å². The summed E-state index contributed by atoms with van der Waals surface area (Å²) >= 11 is 0. The van der Waals surface area contributed by atoms with Gasteiger partial charge < -0.3 is 9.47 Å². The summed E-state index contributed by atoms with van der Waals surface area (Å²) in [5.74, 6) is 1.45. The van der Waals surface area contributed by atoms with E-state index in [9.17, 15) is 4.79 Å². The second kappa shape index (κ2) is 4.96. The summed E-state index contributed by atoms with van der Waals surface area (Å²) in [6.45, 7) is 2.15. The maximum atomic E-state index is 13.2. The van der Waals surface area contributed by atoms with E-state index in [1.54, 1.807) is 0 Å². The van der Waals surface area contributed by atoms with Crippen LogP contribution in [0.2, 0.25) is 0 Å². The maximum Gasteiger partial charge on any atom is 0.312 e. The molecule has 5 aliphatic carbocycles. The average Bonchev–Trinajstić information content (AvgIpc) is 2.46. The van der Waals surface area contributed by atoms with E-state index in [1.807, 2.05) is 7.11 Å². The van der Waals surface area contributed by atoms with Gasteiger partial charge in [0.15, 0.2) is 0 Å². The molecule has 5 rings (SSSR count). The van der Waals surface area contributed by atoms with E-state index < -0.39 is 0 Å². The predicted octanol–water partition coefficient (Wildman–Crippen LogP) is 4.24. The lowest BCUT2D eigenvalue weighted by atomic mass is 9.48. The third-order valence-corrected chi connectivity index (χ3v) is 7.12. The van der Waals surface area contributed by atoms with Crippen molar-refractivity contribution in [3.63, 3.8) is 0 Å². The van der Waals surface area contributed by atoms with Gasteiger partial charge in [-0.3, -0.25) is 4.79 Å². The summed E-state index contributed by atoms with van der Waals surface area (Å²) in [7, 11) is 1.84. The topological polar surface area (TPSA) is 35.5 Å². The fourth-order valence-corrected chi connectivity index (χ4v) is 6.39. The lowest BCUT2D eigenvalue weighted by molar-refractivity contribution is -0.213. The Hall–Kier alpha value is -0.570. The van der Waals surface area contributed by atoms with Crippen molar-refractivity contribution in [3.8, 4) is 0 Å². The second-order valence-corrected chi connectivity index (χ2v) is 9.03. The molecule has 4 bridgehead atoms. The molecule has 3 nitrogen and oxygen atoms in total. The predicted molar refractivity (Wildman–Crippen MR) is 84.4 cm³/mol. The number of hydrogen-bond acceptors (Lipinski definition) is 3. The number of hydrogen-bond donors (Lipinski definition) is 0. The van der Waals surface area contributed by atoms with Gasteiger partial charge in [0.05, 0.1) is 11.0 Å². The SMILES string of the molecule is COC12CC3CC(C1)CC(C(=O)OC1(C)CCCCC1)(C3)C2. The highest BCUT2D eigenvalue weighted by molar-refractivity contribution is 5.78. The highest BCUT2D eigenvalue weighted by atomic mass is 16.6. The molecule has 5 fully saturated rings. The quantitative estimate of drug-likeness (QED) is 0.732. The van der Waals surface area contributed by atoms with E-state index in [0.717, 1.165) is 44.9 Å². The molecule has 0 heterocycles. The Balaban J connectivity index is 1.55. The molecule has 124 valence electrons. The summed E-state index contributed by atoms with van der Waals surface area (Å²) in [6.07, 6.45) is 12.4. The number of rotatable bonds is 3. The van der Waals surface area contributed by atoms with Crippen molar-refractivity contribution in [2.45, 2.75) is 88.8 Å². The van der Waals surface area contributed by atoms with Crippen LogP contribution in [0.25, 0.3) is 0 Å². The number of ether oxygens (including phenoxy) is 2. The minimum atomic E-state index is -0.236. The third-order valence-electron chi connectivity index (χ3n) is 7.12. The molecule has 3 heteroatoms. The van der Waals surface area contributed by atoms with Crippen molar-refractivity contribution in [1.82, 2.24) is 0 Å². The molecule has 2 unspecified atom stereocenters. The Labute approximate surface area is 134 Å². The molecular formula is C19H30O3. The highest BCUT2D eigenvalue weighted by Gasteiger charge is 2.62. The summed E-state index contributed by atoms with van der Waals surface area (Å²) in [4.78, 5) is 13.2. The van der Waals surface area contributed by atoms with Gasteiger partial charge in [0.1, 0.15) is 5.60 Å². The largest absolute Gasteiger partial charge is 0.459 e. The minimum absolute atomic E-state index is 0.0312. The number of esters is 1. The molecular weight excluding hydrogens is 276 g/mol. The van der Waals surface area contributed by atoms with Crippen LogP contribution in [0, 0.1) is 17.3 Å². The Morgan fingerprint density at radius 3 is 2.23 bits per heavy atom. The standard InChI is InChI=1S/C19H30O3/c1-17(6-4-3-5-7-17)22-16(20)18-9-14-8-15(10-18)12-19(11-14,13-18)21-2/h14-15H,3-13H2,1-2H3. The van der Waals surface area contributed by atoms with Crippen LogP contribution in [-0.4, -0.2) is 24.3 Å². The highest BCUT2D eigenvalue weighted by Crippen LogP contribution is 2.63. The molecule has 2 atom stereocenters. The molecule has 0 amide bonds. The van der Waals surface area contributed by atoms with Gasteiger partial charge in [-0.05, 0) is 83.0 Å². The molecule has 0 aliphatic heterocycles. The van der Waals surface area contributed by atoms with E-state index >= 15 is 0 Å². The van der Waals surface area contributed by atoms with Crippen LogP contribution in [0.3, 0.4) is 0 Å². The molecule has 22 heavy (non-hydrogen) atoms. The zero-order chi connectivity index (χ0) is 15.4. The van der Waals surface area contributed by atoms with Crippen LogP contribution in [-0.2, 0) is 14.3 Å². The van der Waals surface area contributed by atoms with Crippen LogP contribution >= 0.6 is 0 Å². The van der Waals surface area contributed by atoms with E-state index in [4.69, 9.17) is 9.47 Å². The number of carbonyl (C=O) groups excluding carboxylic acids is 1. The second-order valence-electron chi connectivity index (χ2n) is 9.03. The first-order valence-electron chi connectivity index (χ1n) is 9.25. The van der Waals surface area contributed by atoms with Gasteiger partial charge in [-0.25, -0.2) is 0 Å². The molecule has 0 spiro atoms. The van der Waals surface area contributed by atoms with Gasteiger partial charge in [-0.1, -0.05) is 6.42 Å². The van der Waals surface area contributed by atoms with Gasteiger partial charge >= 0.3 is 5.97 Å². The van der Waals surface area contributed by atoms with Gasteiger partial charge in [-0.2, -0.15) is 0 Å². The Morgan fingerprint density at radius 2 is 1.64 bits per heavy atom. The molecule has 5 saturated carbocycles. The van der Waals surface area contributed by atoms with E-state index in [0.29, 0.717) is 11.8 Å². The first-order chi connectivity index (χ1) is 10.5. The van der Waals surface area contributed by atoms with Gasteiger partial charge in [0.25, 0.3) is 0 Å². The smallest absolute Gasteiger partial charge is 0.312 e. The lowest BCUT2D eigenvalue weighted by Crippen LogP contribution is -2.60. The Bertz CT molecular complexity index is 449. The zero-order valence-corrected chi connectivity index (χ0v) is 14.2. The van der Waals surface area contributed by atoms with Crippen molar-refractivity contribution < 1.29 is 14.3 Å². The van der Waals surface area contributed by atoms with Crippen LogP contribution in [0.15, 0.2) is 0 Å². The van der Waals surface area contributed by atoms with Crippen molar-refractivity contribution in [2.24, 2.45) is 17.3 Å². The minimum Gasteiger partial charge on any atom is -0.459 e. The summed E-state index contributed by atoms with van der Waals surface area (Å²) in [5, 5.41) is 0. The van der Waals surface area contributed by atoms with E-state index in [-0.39, 0.29) is 22.6 Å². The van der Waals surface area contributed by atoms with Crippen LogP contribution in [0.5, 0.6) is 0 Å². The molecule has 5 aliphatic rings. The van der Waals surface area contributed by atoms with Crippen molar-refractivity contribution >= 4 is 5.97 Å². The van der Waals surface area contributed by atoms with Crippen LogP contribution in [0.4, 0.5) is 0 Å². The molecule has 0 saturated heterocycles. The number of carbonyl (C=O) groups is 1. The Kier molecular flexibility index (Phi) is 3.38. The van der Waals surface area contributed by atoms with Crippen molar-refractivity contribution in [1.29, 1.82) is 0 Å². The summed E-state index contributed by atoms with van der Waals surface area (Å²) in [6, 6.07) is 0. The molecule has 0 aromatic rings. The summed E-state index contributed by atoms with van der Waals surface area (Å²) < 4.78 is 12.1. The van der Waals surface area contributed by atoms with E-state index in [1.165, 1.54) is 25.7 Å².